The van der Waals surface area contributed by atoms with Crippen molar-refractivity contribution in [3.05, 3.63) is 53.7 Å². The number of nitrogens with zero attached hydrogens (tertiary/aromatic N) is 2. The standard InChI is InChI=1S/C19H25N3O3/c1-19(2,3)16-10-21-17(25-16)15-9-14(20)11-22(15)18(23)24-12-13-7-5-4-6-8-13/h4-8,10,14-15H,9,11-12,20H2,1-3H3. The summed E-state index contributed by atoms with van der Waals surface area (Å²) in [4.78, 5) is 18.5. The summed E-state index contributed by atoms with van der Waals surface area (Å²) in [5.74, 6) is 1.31. The normalized spacial score (nSPS) is 20.7. The van der Waals surface area contributed by atoms with Gasteiger partial charge in [-0.25, -0.2) is 9.78 Å². The van der Waals surface area contributed by atoms with Crippen LogP contribution in [0, 0.1) is 0 Å². The molecule has 1 aliphatic rings. The Morgan fingerprint density at radius 3 is 2.72 bits per heavy atom. The van der Waals surface area contributed by atoms with Gasteiger partial charge in [0.15, 0.2) is 0 Å². The summed E-state index contributed by atoms with van der Waals surface area (Å²) in [5.41, 5.74) is 6.88. The molecule has 0 aliphatic carbocycles. The molecule has 1 fully saturated rings. The molecule has 6 nitrogen and oxygen atoms in total. The third-order valence-electron chi connectivity index (χ3n) is 4.32. The van der Waals surface area contributed by atoms with Gasteiger partial charge in [-0.05, 0) is 12.0 Å². The van der Waals surface area contributed by atoms with E-state index in [-0.39, 0.29) is 24.1 Å². The average Bonchev–Trinajstić information content (AvgIpc) is 3.19. The minimum absolute atomic E-state index is 0.112. The SMILES string of the molecule is CC(C)(C)c1cnc(C2CC(N)CN2C(=O)OCc2ccccc2)o1. The Bertz CT molecular complexity index is 721. The molecule has 2 atom stereocenters. The first-order valence-corrected chi connectivity index (χ1v) is 8.53. The highest BCUT2D eigenvalue weighted by Crippen LogP contribution is 2.34. The average molecular weight is 343 g/mol. The maximum absolute atomic E-state index is 12.5. The maximum atomic E-state index is 12.5. The van der Waals surface area contributed by atoms with Gasteiger partial charge >= 0.3 is 6.09 Å². The number of benzene rings is 1. The van der Waals surface area contributed by atoms with Gasteiger partial charge < -0.3 is 14.9 Å². The van der Waals surface area contributed by atoms with Crippen LogP contribution in [0.15, 0.2) is 40.9 Å². The molecule has 25 heavy (non-hydrogen) atoms. The summed E-state index contributed by atoms with van der Waals surface area (Å²) in [5, 5.41) is 0. The van der Waals surface area contributed by atoms with E-state index < -0.39 is 6.09 Å². The lowest BCUT2D eigenvalue weighted by Gasteiger charge is -2.22. The molecule has 1 saturated heterocycles. The highest BCUT2D eigenvalue weighted by Gasteiger charge is 2.39. The lowest BCUT2D eigenvalue weighted by Crippen LogP contribution is -2.33. The first-order valence-electron chi connectivity index (χ1n) is 8.53. The molecular weight excluding hydrogens is 318 g/mol. The summed E-state index contributed by atoms with van der Waals surface area (Å²) in [7, 11) is 0. The van der Waals surface area contributed by atoms with Gasteiger partial charge in [0, 0.05) is 18.0 Å². The predicted molar refractivity (Wildman–Crippen MR) is 93.9 cm³/mol. The monoisotopic (exact) mass is 343 g/mol. The van der Waals surface area contributed by atoms with Gasteiger partial charge in [0.25, 0.3) is 0 Å². The number of likely N-dealkylation sites (tertiary alicyclic amines) is 1. The van der Waals surface area contributed by atoms with Crippen LogP contribution in [0.2, 0.25) is 0 Å². The molecule has 1 aliphatic heterocycles. The first kappa shape index (κ1) is 17.5. The van der Waals surface area contributed by atoms with E-state index in [1.165, 1.54) is 0 Å². The third kappa shape index (κ3) is 4.02. The quantitative estimate of drug-likeness (QED) is 0.924. The second-order valence-electron chi connectivity index (χ2n) is 7.52. The number of carbonyl (C=O) groups is 1. The highest BCUT2D eigenvalue weighted by molar-refractivity contribution is 5.68. The van der Waals surface area contributed by atoms with Crippen LogP contribution in [0.1, 0.15) is 50.4 Å². The number of nitrogens with two attached hydrogens (primary N) is 1. The van der Waals surface area contributed by atoms with Crippen LogP contribution in [-0.4, -0.2) is 28.6 Å². The molecule has 2 heterocycles. The van der Waals surface area contributed by atoms with Crippen molar-refractivity contribution in [2.45, 2.75) is 51.3 Å². The van der Waals surface area contributed by atoms with Crippen molar-refractivity contribution < 1.29 is 13.9 Å². The number of aromatic nitrogens is 1. The Morgan fingerprint density at radius 1 is 1.36 bits per heavy atom. The molecule has 0 spiro atoms. The van der Waals surface area contributed by atoms with Gasteiger partial charge in [-0.15, -0.1) is 0 Å². The molecular formula is C19H25N3O3. The van der Waals surface area contributed by atoms with E-state index in [2.05, 4.69) is 25.8 Å². The van der Waals surface area contributed by atoms with Crippen molar-refractivity contribution in [3.63, 3.8) is 0 Å². The van der Waals surface area contributed by atoms with Crippen LogP contribution in [0.25, 0.3) is 0 Å². The number of hydrogen-bond acceptors (Lipinski definition) is 5. The van der Waals surface area contributed by atoms with E-state index in [1.54, 1.807) is 11.1 Å². The number of carbonyl (C=O) groups excluding carboxylic acids is 1. The fraction of sp³-hybridized carbons (Fsp3) is 0.474. The second-order valence-corrected chi connectivity index (χ2v) is 7.52. The van der Waals surface area contributed by atoms with E-state index in [9.17, 15) is 4.79 Å². The van der Waals surface area contributed by atoms with E-state index >= 15 is 0 Å². The number of hydrogen-bond donors (Lipinski definition) is 1. The molecule has 6 heteroatoms. The summed E-state index contributed by atoms with van der Waals surface area (Å²) in [6, 6.07) is 9.20. The lowest BCUT2D eigenvalue weighted by atomic mass is 9.94. The zero-order chi connectivity index (χ0) is 18.0. The zero-order valence-electron chi connectivity index (χ0n) is 14.9. The molecule has 1 aromatic heterocycles. The van der Waals surface area contributed by atoms with Crippen molar-refractivity contribution in [1.29, 1.82) is 0 Å². The molecule has 2 aromatic rings. The van der Waals surface area contributed by atoms with Crippen LogP contribution >= 0.6 is 0 Å². The summed E-state index contributed by atoms with van der Waals surface area (Å²) >= 11 is 0. The smallest absolute Gasteiger partial charge is 0.410 e. The molecule has 0 saturated carbocycles. The van der Waals surface area contributed by atoms with Gasteiger partial charge in [0.2, 0.25) is 5.89 Å². The highest BCUT2D eigenvalue weighted by atomic mass is 16.6. The van der Waals surface area contributed by atoms with Crippen LogP contribution in [-0.2, 0) is 16.8 Å². The Morgan fingerprint density at radius 2 is 2.08 bits per heavy atom. The third-order valence-corrected chi connectivity index (χ3v) is 4.32. The van der Waals surface area contributed by atoms with E-state index in [4.69, 9.17) is 14.9 Å². The van der Waals surface area contributed by atoms with Gasteiger partial charge in [-0.1, -0.05) is 51.1 Å². The van der Waals surface area contributed by atoms with E-state index in [0.717, 1.165) is 11.3 Å². The fourth-order valence-corrected chi connectivity index (χ4v) is 2.89. The van der Waals surface area contributed by atoms with Gasteiger partial charge in [0.05, 0.1) is 6.20 Å². The zero-order valence-corrected chi connectivity index (χ0v) is 14.9. The molecule has 134 valence electrons. The minimum Gasteiger partial charge on any atom is -0.445 e. The molecule has 2 N–H and O–H groups in total. The molecule has 1 aromatic carbocycles. The van der Waals surface area contributed by atoms with Crippen molar-refractivity contribution >= 4 is 6.09 Å². The molecule has 1 amide bonds. The fourth-order valence-electron chi connectivity index (χ4n) is 2.89. The summed E-state index contributed by atoms with van der Waals surface area (Å²) in [6.07, 6.45) is 1.95. The van der Waals surface area contributed by atoms with E-state index in [0.29, 0.717) is 18.9 Å². The van der Waals surface area contributed by atoms with E-state index in [1.807, 2.05) is 30.3 Å². The number of rotatable bonds is 3. The van der Waals surface area contributed by atoms with Gasteiger partial charge in [-0.2, -0.15) is 0 Å². The Balaban J connectivity index is 1.71. The van der Waals surface area contributed by atoms with Crippen molar-refractivity contribution in [3.8, 4) is 0 Å². The number of ether oxygens (including phenoxy) is 1. The van der Waals surface area contributed by atoms with Crippen molar-refractivity contribution in [1.82, 2.24) is 9.88 Å². The van der Waals surface area contributed by atoms with Crippen molar-refractivity contribution in [2.24, 2.45) is 5.73 Å². The molecule has 0 bridgehead atoms. The molecule has 2 unspecified atom stereocenters. The first-order chi connectivity index (χ1) is 11.8. The Hall–Kier alpha value is -2.34. The Kier molecular flexibility index (Phi) is 4.81. The van der Waals surface area contributed by atoms with Gasteiger partial charge in [-0.3, -0.25) is 4.90 Å². The minimum atomic E-state index is -0.391. The Labute approximate surface area is 148 Å². The lowest BCUT2D eigenvalue weighted by molar-refractivity contribution is 0.0871. The topological polar surface area (TPSA) is 81.6 Å². The van der Waals surface area contributed by atoms with Crippen LogP contribution < -0.4 is 5.73 Å². The van der Waals surface area contributed by atoms with Gasteiger partial charge in [0.1, 0.15) is 18.4 Å². The maximum Gasteiger partial charge on any atom is 0.410 e. The molecule has 0 radical (unpaired) electrons. The van der Waals surface area contributed by atoms with Crippen LogP contribution in [0.3, 0.4) is 0 Å². The van der Waals surface area contributed by atoms with Crippen LogP contribution in [0.4, 0.5) is 4.79 Å². The van der Waals surface area contributed by atoms with Crippen molar-refractivity contribution in [2.75, 3.05) is 6.54 Å². The molecule has 3 rings (SSSR count). The second kappa shape index (κ2) is 6.88. The summed E-state index contributed by atoms with van der Waals surface area (Å²) < 4.78 is 11.4. The number of oxazole rings is 1. The summed E-state index contributed by atoms with van der Waals surface area (Å²) in [6.45, 7) is 6.85. The number of amides is 1. The largest absolute Gasteiger partial charge is 0.445 e. The predicted octanol–water partition coefficient (Wildman–Crippen LogP) is 3.38. The van der Waals surface area contributed by atoms with Crippen LogP contribution in [0.5, 0.6) is 0 Å².